The van der Waals surface area contributed by atoms with E-state index in [1.54, 1.807) is 0 Å². The largest absolute Gasteiger partial charge is 0.382 e. The number of aryl methyl sites for hydroxylation is 1. The second kappa shape index (κ2) is 8.78. The highest BCUT2D eigenvalue weighted by Crippen LogP contribution is 2.32. The summed E-state index contributed by atoms with van der Waals surface area (Å²) >= 11 is 0. The minimum Gasteiger partial charge on any atom is -0.382 e. The molecule has 2 fully saturated rings. The monoisotopic (exact) mass is 340 g/mol. The van der Waals surface area contributed by atoms with Crippen molar-refractivity contribution < 1.29 is 0 Å². The first-order valence-corrected chi connectivity index (χ1v) is 10.4. The fraction of sp³-hybridized carbons (Fsp3) is 0.652. The first-order valence-electron chi connectivity index (χ1n) is 10.4. The van der Waals surface area contributed by atoms with E-state index in [9.17, 15) is 0 Å². The molecule has 2 aliphatic carbocycles. The van der Waals surface area contributed by atoms with Gasteiger partial charge in [0.05, 0.1) is 0 Å². The average Bonchev–Trinajstić information content (AvgIpc) is 2.60. The number of nitrogens with one attached hydrogen (secondary N) is 2. The summed E-state index contributed by atoms with van der Waals surface area (Å²) in [6.07, 6.45) is 15.9. The van der Waals surface area contributed by atoms with E-state index in [2.05, 4.69) is 49.6 Å². The van der Waals surface area contributed by atoms with E-state index in [1.165, 1.54) is 92.3 Å². The fourth-order valence-electron chi connectivity index (χ4n) is 4.37. The maximum absolute atomic E-state index is 3.88. The van der Waals surface area contributed by atoms with Gasteiger partial charge in [-0.1, -0.05) is 50.2 Å². The normalized spacial score (nSPS) is 19.5. The summed E-state index contributed by atoms with van der Waals surface area (Å²) in [5.41, 5.74) is 6.72. The van der Waals surface area contributed by atoms with Crippen LogP contribution >= 0.6 is 0 Å². The van der Waals surface area contributed by atoms with Crippen molar-refractivity contribution in [3.63, 3.8) is 0 Å². The zero-order valence-corrected chi connectivity index (χ0v) is 16.5. The van der Waals surface area contributed by atoms with Crippen LogP contribution in [0, 0.1) is 6.92 Å². The molecule has 2 nitrogen and oxygen atoms in total. The average molecular weight is 341 g/mol. The first kappa shape index (κ1) is 18.4. The number of anilines is 2. The van der Waals surface area contributed by atoms with Crippen molar-refractivity contribution in [3.8, 4) is 0 Å². The molecule has 0 heterocycles. The molecule has 1 aromatic rings. The molecule has 0 radical (unpaired) electrons. The fourth-order valence-corrected chi connectivity index (χ4v) is 4.37. The van der Waals surface area contributed by atoms with Crippen molar-refractivity contribution in [1.29, 1.82) is 0 Å². The molecule has 1 aromatic carbocycles. The number of hydrogen-bond donors (Lipinski definition) is 2. The zero-order valence-electron chi connectivity index (χ0n) is 16.5. The Morgan fingerprint density at radius 2 is 1.32 bits per heavy atom. The smallest absolute Gasteiger partial charge is 0.0436 e. The van der Waals surface area contributed by atoms with Gasteiger partial charge < -0.3 is 10.6 Å². The van der Waals surface area contributed by atoms with E-state index < -0.39 is 0 Å². The van der Waals surface area contributed by atoms with E-state index in [-0.39, 0.29) is 0 Å². The molecule has 0 spiro atoms. The van der Waals surface area contributed by atoms with Crippen molar-refractivity contribution in [1.82, 2.24) is 0 Å². The summed E-state index contributed by atoms with van der Waals surface area (Å²) in [4.78, 5) is 0. The number of hydrogen-bond acceptors (Lipinski definition) is 2. The lowest BCUT2D eigenvalue weighted by atomic mass is 9.93. The molecule has 0 saturated heterocycles. The van der Waals surface area contributed by atoms with Crippen LogP contribution in [0.5, 0.6) is 0 Å². The van der Waals surface area contributed by atoms with Crippen LogP contribution < -0.4 is 10.6 Å². The minimum absolute atomic E-state index is 0.642. The van der Waals surface area contributed by atoms with E-state index in [0.717, 1.165) is 0 Å². The Morgan fingerprint density at radius 3 is 1.84 bits per heavy atom. The molecule has 138 valence electrons. The molecule has 0 atom stereocenters. The Bertz CT molecular complexity index is 586. The number of allylic oxidation sites excluding steroid dienone is 1. The molecule has 2 heteroatoms. The van der Waals surface area contributed by atoms with Crippen LogP contribution in [0.1, 0.15) is 89.2 Å². The molecule has 0 aromatic heterocycles. The molecular formula is C23H36N2. The zero-order chi connectivity index (χ0) is 17.6. The summed E-state index contributed by atoms with van der Waals surface area (Å²) in [6.45, 7) is 6.62. The van der Waals surface area contributed by atoms with Gasteiger partial charge in [0, 0.05) is 23.5 Å². The standard InChI is InChI=1S/C23H36N2/c1-17(2)14-19-15-18(3)22(24-20-10-6-4-7-11-20)16-23(19)25-21-12-8-5-9-13-21/h14-16,20-21,24-25H,4-13H2,1-3H3. The second-order valence-corrected chi connectivity index (χ2v) is 8.43. The Hall–Kier alpha value is -1.44. The molecule has 0 unspecified atom stereocenters. The van der Waals surface area contributed by atoms with Gasteiger partial charge in [-0.05, 0) is 69.7 Å². The molecule has 25 heavy (non-hydrogen) atoms. The van der Waals surface area contributed by atoms with E-state index in [1.807, 2.05) is 0 Å². The predicted octanol–water partition coefficient (Wildman–Crippen LogP) is 6.91. The molecule has 0 amide bonds. The van der Waals surface area contributed by atoms with E-state index in [4.69, 9.17) is 0 Å². The van der Waals surface area contributed by atoms with Gasteiger partial charge in [0.1, 0.15) is 0 Å². The second-order valence-electron chi connectivity index (χ2n) is 8.43. The lowest BCUT2D eigenvalue weighted by molar-refractivity contribution is 0.461. The molecule has 3 rings (SSSR count). The van der Waals surface area contributed by atoms with Gasteiger partial charge in [-0.15, -0.1) is 0 Å². The molecule has 2 saturated carbocycles. The SMILES string of the molecule is CC(C)=Cc1cc(C)c(NC2CCCCC2)cc1NC1CCCCC1. The van der Waals surface area contributed by atoms with Crippen LogP contribution in [-0.2, 0) is 0 Å². The third-order valence-corrected chi connectivity index (χ3v) is 5.77. The van der Waals surface area contributed by atoms with Crippen molar-refractivity contribution in [2.24, 2.45) is 0 Å². The van der Waals surface area contributed by atoms with Crippen LogP contribution in [0.3, 0.4) is 0 Å². The van der Waals surface area contributed by atoms with Crippen molar-refractivity contribution in [2.45, 2.75) is 97.1 Å². The van der Waals surface area contributed by atoms with Crippen molar-refractivity contribution in [2.75, 3.05) is 10.6 Å². The maximum atomic E-state index is 3.88. The van der Waals surface area contributed by atoms with Crippen molar-refractivity contribution >= 4 is 17.5 Å². The van der Waals surface area contributed by atoms with Gasteiger partial charge in [0.15, 0.2) is 0 Å². The highest BCUT2D eigenvalue weighted by Gasteiger charge is 2.17. The van der Waals surface area contributed by atoms with Gasteiger partial charge >= 0.3 is 0 Å². The summed E-state index contributed by atoms with van der Waals surface area (Å²) < 4.78 is 0. The van der Waals surface area contributed by atoms with Crippen molar-refractivity contribution in [3.05, 3.63) is 28.8 Å². The highest BCUT2D eigenvalue weighted by atomic mass is 14.9. The molecule has 2 aliphatic rings. The summed E-state index contributed by atoms with van der Waals surface area (Å²) in [5, 5.41) is 7.72. The third-order valence-electron chi connectivity index (χ3n) is 5.77. The predicted molar refractivity (Wildman–Crippen MR) is 111 cm³/mol. The lowest BCUT2D eigenvalue weighted by Crippen LogP contribution is -2.24. The minimum atomic E-state index is 0.642. The van der Waals surface area contributed by atoms with Gasteiger partial charge in [0.25, 0.3) is 0 Å². The topological polar surface area (TPSA) is 24.1 Å². The Morgan fingerprint density at radius 1 is 0.800 bits per heavy atom. The summed E-state index contributed by atoms with van der Waals surface area (Å²) in [5.74, 6) is 0. The lowest BCUT2D eigenvalue weighted by Gasteiger charge is -2.28. The van der Waals surface area contributed by atoms with Gasteiger partial charge in [-0.2, -0.15) is 0 Å². The Labute approximate surface area is 154 Å². The van der Waals surface area contributed by atoms with Gasteiger partial charge in [-0.3, -0.25) is 0 Å². The Balaban J connectivity index is 1.82. The highest BCUT2D eigenvalue weighted by molar-refractivity contribution is 5.74. The van der Waals surface area contributed by atoms with Crippen LogP contribution in [0.4, 0.5) is 11.4 Å². The van der Waals surface area contributed by atoms with Crippen LogP contribution in [0.2, 0.25) is 0 Å². The van der Waals surface area contributed by atoms with Gasteiger partial charge in [0.2, 0.25) is 0 Å². The van der Waals surface area contributed by atoms with Crippen LogP contribution in [-0.4, -0.2) is 12.1 Å². The Kier molecular flexibility index (Phi) is 6.45. The van der Waals surface area contributed by atoms with Crippen LogP contribution in [0.15, 0.2) is 17.7 Å². The number of benzene rings is 1. The van der Waals surface area contributed by atoms with Crippen LogP contribution in [0.25, 0.3) is 6.08 Å². The van der Waals surface area contributed by atoms with E-state index in [0.29, 0.717) is 12.1 Å². The molecular weight excluding hydrogens is 304 g/mol. The number of rotatable bonds is 5. The van der Waals surface area contributed by atoms with E-state index >= 15 is 0 Å². The maximum Gasteiger partial charge on any atom is 0.0436 e. The summed E-state index contributed by atoms with van der Waals surface area (Å²) in [6, 6.07) is 6.05. The quantitative estimate of drug-likeness (QED) is 0.608. The molecule has 0 aliphatic heterocycles. The third kappa shape index (κ3) is 5.26. The van der Waals surface area contributed by atoms with Gasteiger partial charge in [-0.25, -0.2) is 0 Å². The first-order chi connectivity index (χ1) is 12.1. The summed E-state index contributed by atoms with van der Waals surface area (Å²) in [7, 11) is 0. The molecule has 2 N–H and O–H groups in total. The molecule has 0 bridgehead atoms.